The first-order chi connectivity index (χ1) is 9.29. The first-order valence-electron chi connectivity index (χ1n) is 6.62. The summed E-state index contributed by atoms with van der Waals surface area (Å²) in [5.41, 5.74) is 8.08. The van der Waals surface area contributed by atoms with E-state index in [0.717, 1.165) is 30.6 Å². The maximum Gasteiger partial charge on any atom is 0.126 e. The quantitative estimate of drug-likeness (QED) is 0.827. The number of rotatable bonds is 6. The molecule has 1 atom stereocenters. The van der Waals surface area contributed by atoms with Gasteiger partial charge in [0.25, 0.3) is 0 Å². The fourth-order valence-electron chi connectivity index (χ4n) is 2.17. The maximum absolute atomic E-state index is 5.90. The van der Waals surface area contributed by atoms with Crippen molar-refractivity contribution in [3.05, 3.63) is 54.0 Å². The van der Waals surface area contributed by atoms with Gasteiger partial charge < -0.3 is 11.1 Å². The van der Waals surface area contributed by atoms with Crippen LogP contribution >= 0.6 is 0 Å². The molecule has 19 heavy (non-hydrogen) atoms. The maximum atomic E-state index is 5.90. The molecule has 2 aromatic heterocycles. The molecule has 4 nitrogen and oxygen atoms in total. The zero-order chi connectivity index (χ0) is 13.5. The number of aromatic nitrogens is 2. The van der Waals surface area contributed by atoms with Gasteiger partial charge in [0.15, 0.2) is 0 Å². The lowest BCUT2D eigenvalue weighted by atomic mass is 10.0. The molecule has 0 aliphatic carbocycles. The Kier molecular flexibility index (Phi) is 4.86. The third-order valence-corrected chi connectivity index (χ3v) is 3.07. The molecule has 0 aliphatic heterocycles. The minimum Gasteiger partial charge on any atom is -0.383 e. The minimum atomic E-state index is 0.325. The summed E-state index contributed by atoms with van der Waals surface area (Å²) >= 11 is 0. The third-order valence-electron chi connectivity index (χ3n) is 3.07. The zero-order valence-corrected chi connectivity index (χ0v) is 11.2. The Bertz CT molecular complexity index is 499. The summed E-state index contributed by atoms with van der Waals surface area (Å²) in [6, 6.07) is 10.3. The van der Waals surface area contributed by atoms with Crippen molar-refractivity contribution in [2.24, 2.45) is 0 Å². The smallest absolute Gasteiger partial charge is 0.126 e. The molecule has 2 aromatic rings. The molecule has 0 fully saturated rings. The van der Waals surface area contributed by atoms with Gasteiger partial charge in [-0.25, -0.2) is 4.98 Å². The van der Waals surface area contributed by atoms with Crippen LogP contribution in [0.5, 0.6) is 0 Å². The Labute approximate surface area is 114 Å². The summed E-state index contributed by atoms with van der Waals surface area (Å²) in [4.78, 5) is 8.51. The number of pyridine rings is 2. The van der Waals surface area contributed by atoms with Crippen molar-refractivity contribution in [2.75, 3.05) is 12.3 Å². The van der Waals surface area contributed by atoms with Gasteiger partial charge in [0, 0.05) is 30.6 Å². The average Bonchev–Trinajstić information content (AvgIpc) is 2.43. The molecule has 3 N–H and O–H groups in total. The number of hydrogen-bond acceptors (Lipinski definition) is 4. The molecule has 2 heterocycles. The van der Waals surface area contributed by atoms with Crippen LogP contribution in [0, 0.1) is 0 Å². The van der Waals surface area contributed by atoms with Gasteiger partial charge in [-0.15, -0.1) is 0 Å². The lowest BCUT2D eigenvalue weighted by Gasteiger charge is -2.18. The lowest BCUT2D eigenvalue weighted by molar-refractivity contribution is 0.516. The number of hydrogen-bond donors (Lipinski definition) is 2. The van der Waals surface area contributed by atoms with E-state index < -0.39 is 0 Å². The SMILES string of the molecule is CCNC(Cc1ccccn1)Cc1cccnc1N. The summed E-state index contributed by atoms with van der Waals surface area (Å²) in [6.07, 6.45) is 5.31. The second-order valence-corrected chi connectivity index (χ2v) is 4.53. The standard InChI is InChI=1S/C15H20N4/c1-2-17-14(11-13-7-3-4-8-18-13)10-12-6-5-9-19-15(12)16/h3-9,14,17H,2,10-11H2,1H3,(H2,16,19). The van der Waals surface area contributed by atoms with Gasteiger partial charge in [0.2, 0.25) is 0 Å². The van der Waals surface area contributed by atoms with Crippen LogP contribution in [0.15, 0.2) is 42.7 Å². The summed E-state index contributed by atoms with van der Waals surface area (Å²) in [5, 5.41) is 3.48. The first kappa shape index (κ1) is 13.5. The molecule has 0 saturated heterocycles. The van der Waals surface area contributed by atoms with E-state index in [-0.39, 0.29) is 0 Å². The van der Waals surface area contributed by atoms with Gasteiger partial charge in [-0.3, -0.25) is 4.98 Å². The van der Waals surface area contributed by atoms with Crippen molar-refractivity contribution in [2.45, 2.75) is 25.8 Å². The van der Waals surface area contributed by atoms with Crippen LogP contribution in [0.1, 0.15) is 18.2 Å². The van der Waals surface area contributed by atoms with Crippen LogP contribution in [0.25, 0.3) is 0 Å². The van der Waals surface area contributed by atoms with E-state index in [4.69, 9.17) is 5.73 Å². The van der Waals surface area contributed by atoms with E-state index in [1.54, 1.807) is 6.20 Å². The summed E-state index contributed by atoms with van der Waals surface area (Å²) in [7, 11) is 0. The van der Waals surface area contributed by atoms with Crippen molar-refractivity contribution in [3.8, 4) is 0 Å². The molecule has 0 radical (unpaired) electrons. The van der Waals surface area contributed by atoms with Crippen molar-refractivity contribution in [1.82, 2.24) is 15.3 Å². The number of nitrogens with zero attached hydrogens (tertiary/aromatic N) is 2. The molecule has 0 aromatic carbocycles. The second-order valence-electron chi connectivity index (χ2n) is 4.53. The highest BCUT2D eigenvalue weighted by molar-refractivity contribution is 5.39. The van der Waals surface area contributed by atoms with Gasteiger partial charge in [-0.1, -0.05) is 19.1 Å². The Hall–Kier alpha value is -1.94. The summed E-state index contributed by atoms with van der Waals surface area (Å²) in [6.45, 7) is 3.04. The number of nitrogen functional groups attached to an aromatic ring is 1. The fraction of sp³-hybridized carbons (Fsp3) is 0.333. The van der Waals surface area contributed by atoms with E-state index in [1.807, 2.05) is 30.5 Å². The highest BCUT2D eigenvalue weighted by Gasteiger charge is 2.12. The average molecular weight is 256 g/mol. The molecule has 1 unspecified atom stereocenters. The van der Waals surface area contributed by atoms with E-state index in [1.165, 1.54) is 0 Å². The molecule has 0 amide bonds. The molecule has 0 spiro atoms. The highest BCUT2D eigenvalue weighted by atomic mass is 14.9. The normalized spacial score (nSPS) is 12.3. The molecule has 0 bridgehead atoms. The van der Waals surface area contributed by atoms with Gasteiger partial charge in [0.1, 0.15) is 5.82 Å². The fourth-order valence-corrected chi connectivity index (χ4v) is 2.17. The number of likely N-dealkylation sites (N-methyl/N-ethyl adjacent to an activating group) is 1. The summed E-state index contributed by atoms with van der Waals surface area (Å²) < 4.78 is 0. The Morgan fingerprint density at radius 2 is 1.95 bits per heavy atom. The number of nitrogens with one attached hydrogen (secondary N) is 1. The Balaban J connectivity index is 2.06. The van der Waals surface area contributed by atoms with Gasteiger partial charge in [0.05, 0.1) is 0 Å². The second kappa shape index (κ2) is 6.85. The first-order valence-corrected chi connectivity index (χ1v) is 6.62. The number of nitrogens with two attached hydrogens (primary N) is 1. The Morgan fingerprint density at radius 3 is 2.63 bits per heavy atom. The molecule has 0 saturated carbocycles. The molecular weight excluding hydrogens is 236 g/mol. The predicted octanol–water partition coefficient (Wildman–Crippen LogP) is 1.82. The molecule has 100 valence electrons. The molecule has 0 aliphatic rings. The monoisotopic (exact) mass is 256 g/mol. The molecule has 4 heteroatoms. The van der Waals surface area contributed by atoms with Crippen molar-refractivity contribution < 1.29 is 0 Å². The van der Waals surface area contributed by atoms with Crippen LogP contribution in [-0.4, -0.2) is 22.6 Å². The van der Waals surface area contributed by atoms with Gasteiger partial charge >= 0.3 is 0 Å². The molecule has 2 rings (SSSR count). The third kappa shape index (κ3) is 4.03. The lowest BCUT2D eigenvalue weighted by Crippen LogP contribution is -2.33. The van der Waals surface area contributed by atoms with E-state index >= 15 is 0 Å². The zero-order valence-electron chi connectivity index (χ0n) is 11.2. The minimum absolute atomic E-state index is 0.325. The highest BCUT2D eigenvalue weighted by Crippen LogP contribution is 2.12. The largest absolute Gasteiger partial charge is 0.383 e. The van der Waals surface area contributed by atoms with Crippen LogP contribution in [0.4, 0.5) is 5.82 Å². The van der Waals surface area contributed by atoms with E-state index in [9.17, 15) is 0 Å². The van der Waals surface area contributed by atoms with Crippen molar-refractivity contribution >= 4 is 5.82 Å². The van der Waals surface area contributed by atoms with Crippen molar-refractivity contribution in [3.63, 3.8) is 0 Å². The van der Waals surface area contributed by atoms with E-state index in [2.05, 4.69) is 28.3 Å². The van der Waals surface area contributed by atoms with Gasteiger partial charge in [-0.2, -0.15) is 0 Å². The van der Waals surface area contributed by atoms with Crippen molar-refractivity contribution in [1.29, 1.82) is 0 Å². The molecular formula is C15H20N4. The predicted molar refractivity (Wildman–Crippen MR) is 77.8 cm³/mol. The van der Waals surface area contributed by atoms with E-state index in [0.29, 0.717) is 11.9 Å². The number of anilines is 1. The van der Waals surface area contributed by atoms with Gasteiger partial charge in [-0.05, 0) is 36.7 Å². The summed E-state index contributed by atoms with van der Waals surface area (Å²) in [5.74, 6) is 0.617. The van der Waals surface area contributed by atoms with Crippen LogP contribution in [0.3, 0.4) is 0 Å². The van der Waals surface area contributed by atoms with Crippen LogP contribution in [0.2, 0.25) is 0 Å². The van der Waals surface area contributed by atoms with Crippen LogP contribution < -0.4 is 11.1 Å². The van der Waals surface area contributed by atoms with Crippen LogP contribution in [-0.2, 0) is 12.8 Å². The Morgan fingerprint density at radius 1 is 1.11 bits per heavy atom. The topological polar surface area (TPSA) is 63.8 Å².